The molecule has 0 spiro atoms. The third kappa shape index (κ3) is 4.43. The van der Waals surface area contributed by atoms with Gasteiger partial charge in [-0.1, -0.05) is 37.8 Å². The second kappa shape index (κ2) is 9.13. The fraction of sp³-hybridized carbons (Fsp3) is 0.565. The van der Waals surface area contributed by atoms with E-state index in [4.69, 9.17) is 12.2 Å². The van der Waals surface area contributed by atoms with Crippen molar-refractivity contribution in [2.75, 3.05) is 29.5 Å². The molecular formula is C23H28N4O4S3. The first kappa shape index (κ1) is 24.9. The molecule has 1 amide bonds. The largest absolute Gasteiger partial charge is 0.357 e. The molecule has 8 nitrogen and oxygen atoms in total. The van der Waals surface area contributed by atoms with E-state index in [9.17, 15) is 23.3 Å². The second-order valence-electron chi connectivity index (χ2n) is 9.67. The lowest BCUT2D eigenvalue weighted by Crippen LogP contribution is -2.42. The van der Waals surface area contributed by atoms with Gasteiger partial charge >= 0.3 is 0 Å². The van der Waals surface area contributed by atoms with Crippen LogP contribution < -0.4 is 10.5 Å². The van der Waals surface area contributed by atoms with Crippen molar-refractivity contribution in [1.29, 1.82) is 5.26 Å². The fourth-order valence-corrected chi connectivity index (χ4v) is 8.42. The van der Waals surface area contributed by atoms with Gasteiger partial charge in [-0.3, -0.25) is 19.1 Å². The average Bonchev–Trinajstić information content (AvgIpc) is 3.23. The van der Waals surface area contributed by atoms with Crippen molar-refractivity contribution in [3.63, 3.8) is 0 Å². The maximum absolute atomic E-state index is 13.3. The number of carbonyl (C=O) groups excluding carboxylic acids is 1. The zero-order valence-electron chi connectivity index (χ0n) is 19.7. The number of piperidine rings is 1. The van der Waals surface area contributed by atoms with E-state index in [1.54, 1.807) is 20.0 Å². The summed E-state index contributed by atoms with van der Waals surface area (Å²) in [5.41, 5.74) is 0.870. The number of thioether (sulfide) groups is 1. The maximum Gasteiger partial charge on any atom is 0.270 e. The van der Waals surface area contributed by atoms with Gasteiger partial charge < -0.3 is 4.90 Å². The van der Waals surface area contributed by atoms with Gasteiger partial charge in [-0.2, -0.15) is 5.26 Å². The normalized spacial score (nSPS) is 28.1. The highest BCUT2D eigenvalue weighted by atomic mass is 32.2. The zero-order chi connectivity index (χ0) is 24.9. The minimum absolute atomic E-state index is 0.0490. The number of hydrogen-bond donors (Lipinski definition) is 0. The summed E-state index contributed by atoms with van der Waals surface area (Å²) in [7, 11) is -1.52. The quantitative estimate of drug-likeness (QED) is 0.442. The van der Waals surface area contributed by atoms with Crippen molar-refractivity contribution >= 4 is 55.9 Å². The lowest BCUT2D eigenvalue weighted by atomic mass is 9.91. The zero-order valence-corrected chi connectivity index (χ0v) is 22.1. The number of nitrogens with zero attached hydrogens (tertiary/aromatic N) is 4. The van der Waals surface area contributed by atoms with E-state index in [2.05, 4.69) is 18.7 Å². The summed E-state index contributed by atoms with van der Waals surface area (Å²) < 4.78 is 25.8. The predicted molar refractivity (Wildman–Crippen MR) is 138 cm³/mol. The lowest BCUT2D eigenvalue weighted by molar-refractivity contribution is -0.123. The molecule has 0 aliphatic carbocycles. The van der Waals surface area contributed by atoms with Crippen LogP contribution in [0.2, 0.25) is 0 Å². The van der Waals surface area contributed by atoms with Crippen molar-refractivity contribution in [2.45, 2.75) is 39.7 Å². The van der Waals surface area contributed by atoms with E-state index in [1.165, 1.54) is 9.47 Å². The molecular weight excluding hydrogens is 492 g/mol. The fourth-order valence-electron chi connectivity index (χ4n) is 5.33. The van der Waals surface area contributed by atoms with Crippen molar-refractivity contribution in [1.82, 2.24) is 9.47 Å². The third-order valence-corrected chi connectivity index (χ3v) is 9.89. The summed E-state index contributed by atoms with van der Waals surface area (Å²) >= 11 is 6.59. The van der Waals surface area contributed by atoms with E-state index in [-0.39, 0.29) is 28.5 Å². The number of carbonyl (C=O) groups is 1. The highest BCUT2D eigenvalue weighted by Crippen LogP contribution is 2.39. The third-order valence-electron chi connectivity index (χ3n) is 6.81. The van der Waals surface area contributed by atoms with E-state index < -0.39 is 15.9 Å². The first-order valence-corrected chi connectivity index (χ1v) is 14.3. The highest BCUT2D eigenvalue weighted by Gasteiger charge is 2.42. The van der Waals surface area contributed by atoms with Crippen molar-refractivity contribution in [3.8, 4) is 6.07 Å². The summed E-state index contributed by atoms with van der Waals surface area (Å²) in [4.78, 5) is 30.3. The Morgan fingerprint density at radius 1 is 1.21 bits per heavy atom. The Labute approximate surface area is 209 Å². The Hall–Kier alpha value is -2.16. The van der Waals surface area contributed by atoms with Gasteiger partial charge in [0.1, 0.15) is 21.8 Å². The molecule has 0 N–H and O–H groups in total. The topological polar surface area (TPSA) is 103 Å². The SMILES string of the molecule is Cc1c(/C=C2\SC(=S)N(C3CCS(=O)(=O)C3)C2=O)c(N2CC(C)CC(C)C2)n(C)c(=O)c1C#N. The molecule has 182 valence electrons. The monoisotopic (exact) mass is 520 g/mol. The first-order chi connectivity index (χ1) is 15.9. The first-order valence-electron chi connectivity index (χ1n) is 11.3. The van der Waals surface area contributed by atoms with Crippen LogP contribution in [0.25, 0.3) is 6.08 Å². The number of amides is 1. The van der Waals surface area contributed by atoms with E-state index in [0.717, 1.165) is 31.3 Å². The number of anilines is 1. The van der Waals surface area contributed by atoms with Gasteiger partial charge in [0, 0.05) is 25.7 Å². The van der Waals surface area contributed by atoms with Crippen LogP contribution in [0.4, 0.5) is 5.82 Å². The summed E-state index contributed by atoms with van der Waals surface area (Å²) in [5, 5.41) is 9.67. The van der Waals surface area contributed by atoms with Gasteiger partial charge in [0.15, 0.2) is 9.84 Å². The maximum atomic E-state index is 13.3. The second-order valence-corrected chi connectivity index (χ2v) is 13.6. The Kier molecular flexibility index (Phi) is 6.70. The molecule has 0 saturated carbocycles. The standard InChI is InChI=1S/C23H28N4O4S3/c1-13-7-14(2)11-26(10-13)20-17(15(3)18(9-24)21(28)25(20)4)8-19-22(29)27(23(32)33-19)16-5-6-34(30,31)12-16/h8,13-14,16H,5-7,10-12H2,1-4H3/b19-8-. The molecule has 3 aliphatic heterocycles. The van der Waals surface area contributed by atoms with Crippen LogP contribution in [-0.4, -0.2) is 58.7 Å². The minimum atomic E-state index is -3.18. The lowest BCUT2D eigenvalue weighted by Gasteiger charge is -2.38. The number of thiocarbonyl (C=S) groups is 1. The molecule has 3 unspecified atom stereocenters. The Morgan fingerprint density at radius 3 is 2.41 bits per heavy atom. The molecule has 0 bridgehead atoms. The summed E-state index contributed by atoms with van der Waals surface area (Å²) in [6.45, 7) is 7.63. The molecule has 1 aromatic heterocycles. The van der Waals surface area contributed by atoms with E-state index >= 15 is 0 Å². The van der Waals surface area contributed by atoms with Crippen LogP contribution in [0.5, 0.6) is 0 Å². The molecule has 34 heavy (non-hydrogen) atoms. The molecule has 1 aromatic rings. The number of aromatic nitrogens is 1. The number of pyridine rings is 1. The van der Waals surface area contributed by atoms with E-state index in [1.807, 2.05) is 6.07 Å². The Morgan fingerprint density at radius 2 is 1.85 bits per heavy atom. The molecule has 11 heteroatoms. The highest BCUT2D eigenvalue weighted by molar-refractivity contribution is 8.26. The number of nitriles is 1. The Balaban J connectivity index is 1.82. The van der Waals surface area contributed by atoms with Gasteiger partial charge in [0.2, 0.25) is 0 Å². The summed E-state index contributed by atoms with van der Waals surface area (Å²) in [6, 6.07) is 1.57. The van der Waals surface area contributed by atoms with Crippen LogP contribution in [0.1, 0.15) is 43.4 Å². The van der Waals surface area contributed by atoms with Crippen molar-refractivity contribution < 1.29 is 13.2 Å². The molecule has 3 fully saturated rings. The summed E-state index contributed by atoms with van der Waals surface area (Å²) in [6.07, 6.45) is 3.18. The molecule has 4 rings (SSSR count). The molecule has 3 aliphatic rings. The molecule has 0 radical (unpaired) electrons. The van der Waals surface area contributed by atoms with Gasteiger partial charge in [0.25, 0.3) is 11.5 Å². The number of rotatable bonds is 3. The van der Waals surface area contributed by atoms with Gasteiger partial charge in [-0.15, -0.1) is 0 Å². The molecule has 0 aromatic carbocycles. The molecule has 3 atom stereocenters. The summed E-state index contributed by atoms with van der Waals surface area (Å²) in [5.74, 6) is 1.20. The predicted octanol–water partition coefficient (Wildman–Crippen LogP) is 2.44. The van der Waals surface area contributed by atoms with Crippen molar-refractivity contribution in [3.05, 3.63) is 31.9 Å². The number of sulfone groups is 1. The van der Waals surface area contributed by atoms with Crippen LogP contribution in [0, 0.1) is 30.1 Å². The van der Waals surface area contributed by atoms with Crippen LogP contribution in [0.3, 0.4) is 0 Å². The van der Waals surface area contributed by atoms with Crippen LogP contribution >= 0.6 is 24.0 Å². The van der Waals surface area contributed by atoms with Crippen LogP contribution in [-0.2, 0) is 21.7 Å². The van der Waals surface area contributed by atoms with Gasteiger partial charge in [-0.25, -0.2) is 8.42 Å². The Bertz CT molecular complexity index is 1300. The molecule has 4 heterocycles. The van der Waals surface area contributed by atoms with Crippen molar-refractivity contribution in [2.24, 2.45) is 18.9 Å². The molecule has 3 saturated heterocycles. The smallest absolute Gasteiger partial charge is 0.270 e. The average molecular weight is 521 g/mol. The van der Waals surface area contributed by atoms with Gasteiger partial charge in [-0.05, 0) is 43.2 Å². The van der Waals surface area contributed by atoms with Gasteiger partial charge in [0.05, 0.1) is 22.5 Å². The number of hydrogen-bond acceptors (Lipinski definition) is 8. The van der Waals surface area contributed by atoms with E-state index in [0.29, 0.717) is 44.4 Å². The van der Waals surface area contributed by atoms with Crippen LogP contribution in [0.15, 0.2) is 9.70 Å². The minimum Gasteiger partial charge on any atom is -0.357 e.